The summed E-state index contributed by atoms with van der Waals surface area (Å²) in [5, 5.41) is 3.43. The van der Waals surface area contributed by atoms with E-state index in [4.69, 9.17) is 0 Å². The fourth-order valence-electron chi connectivity index (χ4n) is 3.79. The number of guanidine groups is 1. The van der Waals surface area contributed by atoms with E-state index in [0.29, 0.717) is 12.2 Å². The molecule has 7 heteroatoms. The summed E-state index contributed by atoms with van der Waals surface area (Å²) in [5.41, 5.74) is 1.91. The van der Waals surface area contributed by atoms with Crippen molar-refractivity contribution < 1.29 is 4.39 Å². The highest BCUT2D eigenvalue weighted by Crippen LogP contribution is 2.20. The molecule has 30 heavy (non-hydrogen) atoms. The minimum absolute atomic E-state index is 0.168. The van der Waals surface area contributed by atoms with Gasteiger partial charge in [0.25, 0.3) is 0 Å². The van der Waals surface area contributed by atoms with Crippen molar-refractivity contribution >= 4 is 11.6 Å². The third kappa shape index (κ3) is 4.62. The molecule has 1 saturated heterocycles. The SMILES string of the molecule is CN=C(NCc1nccn1Cc1ccccc1)N1CCN(c2ccccc2F)CC1. The van der Waals surface area contributed by atoms with E-state index < -0.39 is 0 Å². The molecule has 0 unspecified atom stereocenters. The van der Waals surface area contributed by atoms with Crippen molar-refractivity contribution in [2.45, 2.75) is 13.1 Å². The molecule has 1 aliphatic heterocycles. The van der Waals surface area contributed by atoms with Crippen molar-refractivity contribution in [3.05, 3.63) is 84.2 Å². The maximum absolute atomic E-state index is 14.1. The molecule has 1 fully saturated rings. The van der Waals surface area contributed by atoms with E-state index in [-0.39, 0.29) is 5.82 Å². The van der Waals surface area contributed by atoms with Crippen molar-refractivity contribution in [1.82, 2.24) is 19.8 Å². The Morgan fingerprint density at radius 1 is 1.03 bits per heavy atom. The molecule has 2 heterocycles. The quantitative estimate of drug-likeness (QED) is 0.523. The molecule has 156 valence electrons. The Kier molecular flexibility index (Phi) is 6.27. The second-order valence-corrected chi connectivity index (χ2v) is 7.28. The minimum atomic E-state index is -0.168. The Morgan fingerprint density at radius 2 is 1.77 bits per heavy atom. The normalized spacial score (nSPS) is 14.8. The molecule has 0 amide bonds. The lowest BCUT2D eigenvalue weighted by molar-refractivity contribution is 0.370. The van der Waals surface area contributed by atoms with Crippen LogP contribution in [0.2, 0.25) is 0 Å². The van der Waals surface area contributed by atoms with Crippen LogP contribution in [-0.2, 0) is 13.1 Å². The van der Waals surface area contributed by atoms with E-state index in [1.54, 1.807) is 13.1 Å². The minimum Gasteiger partial charge on any atom is -0.366 e. The van der Waals surface area contributed by atoms with Gasteiger partial charge >= 0.3 is 0 Å². The van der Waals surface area contributed by atoms with E-state index >= 15 is 0 Å². The zero-order chi connectivity index (χ0) is 20.8. The van der Waals surface area contributed by atoms with E-state index in [2.05, 4.69) is 41.8 Å². The summed E-state index contributed by atoms with van der Waals surface area (Å²) in [7, 11) is 1.79. The molecule has 0 atom stereocenters. The van der Waals surface area contributed by atoms with Crippen LogP contribution < -0.4 is 10.2 Å². The Balaban J connectivity index is 1.33. The number of rotatable bonds is 5. The molecule has 3 aromatic rings. The number of piperazine rings is 1. The molecule has 1 N–H and O–H groups in total. The molecule has 0 aliphatic carbocycles. The fourth-order valence-corrected chi connectivity index (χ4v) is 3.79. The lowest BCUT2D eigenvalue weighted by atomic mass is 10.2. The highest BCUT2D eigenvalue weighted by molar-refractivity contribution is 5.80. The molecule has 0 radical (unpaired) electrons. The van der Waals surface area contributed by atoms with Gasteiger partial charge in [0.1, 0.15) is 11.6 Å². The largest absolute Gasteiger partial charge is 0.366 e. The van der Waals surface area contributed by atoms with Crippen LogP contribution in [-0.4, -0.2) is 53.6 Å². The maximum Gasteiger partial charge on any atom is 0.194 e. The van der Waals surface area contributed by atoms with Gasteiger partial charge in [-0.25, -0.2) is 9.37 Å². The van der Waals surface area contributed by atoms with Gasteiger partial charge in [0.05, 0.1) is 12.2 Å². The summed E-state index contributed by atoms with van der Waals surface area (Å²) in [5.74, 6) is 1.64. The molecule has 1 aliphatic rings. The summed E-state index contributed by atoms with van der Waals surface area (Å²) in [6.45, 7) is 4.46. The lowest BCUT2D eigenvalue weighted by Gasteiger charge is -2.37. The maximum atomic E-state index is 14.1. The van der Waals surface area contributed by atoms with Gasteiger partial charge in [-0.05, 0) is 17.7 Å². The topological polar surface area (TPSA) is 48.7 Å². The third-order valence-corrected chi connectivity index (χ3v) is 5.39. The van der Waals surface area contributed by atoms with Gasteiger partial charge in [-0.1, -0.05) is 42.5 Å². The van der Waals surface area contributed by atoms with Crippen molar-refractivity contribution in [3.8, 4) is 0 Å². The number of anilines is 1. The summed E-state index contributed by atoms with van der Waals surface area (Å²) in [6, 6.07) is 17.3. The first-order valence-corrected chi connectivity index (χ1v) is 10.2. The van der Waals surface area contributed by atoms with Crippen LogP contribution in [0, 0.1) is 5.82 Å². The molecule has 0 bridgehead atoms. The third-order valence-electron chi connectivity index (χ3n) is 5.39. The Labute approximate surface area is 176 Å². The average molecular weight is 407 g/mol. The highest BCUT2D eigenvalue weighted by Gasteiger charge is 2.21. The second-order valence-electron chi connectivity index (χ2n) is 7.28. The molecule has 0 spiro atoms. The first-order valence-electron chi connectivity index (χ1n) is 10.2. The number of hydrogen-bond acceptors (Lipinski definition) is 3. The van der Waals surface area contributed by atoms with Gasteiger partial charge in [0, 0.05) is 52.2 Å². The first kappa shape index (κ1) is 19.9. The molecular weight excluding hydrogens is 379 g/mol. The van der Waals surface area contributed by atoms with Crippen LogP contribution in [0.4, 0.5) is 10.1 Å². The summed E-state index contributed by atoms with van der Waals surface area (Å²) >= 11 is 0. The van der Waals surface area contributed by atoms with Crippen LogP contribution in [0.25, 0.3) is 0 Å². The zero-order valence-electron chi connectivity index (χ0n) is 17.2. The smallest absolute Gasteiger partial charge is 0.194 e. The van der Waals surface area contributed by atoms with Crippen LogP contribution in [0.1, 0.15) is 11.4 Å². The van der Waals surface area contributed by atoms with Crippen LogP contribution >= 0.6 is 0 Å². The number of nitrogens with zero attached hydrogens (tertiary/aromatic N) is 5. The van der Waals surface area contributed by atoms with E-state index in [1.807, 2.05) is 42.7 Å². The van der Waals surface area contributed by atoms with Gasteiger partial charge in [-0.15, -0.1) is 0 Å². The Hall–Kier alpha value is -3.35. The predicted molar refractivity (Wildman–Crippen MR) is 118 cm³/mol. The van der Waals surface area contributed by atoms with E-state index in [1.165, 1.54) is 11.6 Å². The fraction of sp³-hybridized carbons (Fsp3) is 0.304. The summed E-state index contributed by atoms with van der Waals surface area (Å²) < 4.78 is 16.2. The summed E-state index contributed by atoms with van der Waals surface area (Å²) in [4.78, 5) is 13.2. The van der Waals surface area contributed by atoms with Crippen molar-refractivity contribution in [3.63, 3.8) is 0 Å². The van der Waals surface area contributed by atoms with Crippen molar-refractivity contribution in [2.75, 3.05) is 38.1 Å². The lowest BCUT2D eigenvalue weighted by Crippen LogP contribution is -2.52. The van der Waals surface area contributed by atoms with Gasteiger partial charge in [-0.3, -0.25) is 4.99 Å². The zero-order valence-corrected chi connectivity index (χ0v) is 17.2. The Bertz CT molecular complexity index is 976. The number of nitrogens with one attached hydrogen (secondary N) is 1. The molecule has 4 rings (SSSR count). The Morgan fingerprint density at radius 3 is 2.50 bits per heavy atom. The molecule has 2 aromatic carbocycles. The number of para-hydroxylation sites is 1. The molecule has 1 aromatic heterocycles. The average Bonchev–Trinajstić information content (AvgIpc) is 3.22. The van der Waals surface area contributed by atoms with Gasteiger partial charge in [0.2, 0.25) is 0 Å². The van der Waals surface area contributed by atoms with Gasteiger partial charge in [-0.2, -0.15) is 0 Å². The summed E-state index contributed by atoms with van der Waals surface area (Å²) in [6.07, 6.45) is 3.83. The molecule has 0 saturated carbocycles. The number of halogens is 1. The van der Waals surface area contributed by atoms with E-state index in [0.717, 1.165) is 44.5 Å². The van der Waals surface area contributed by atoms with Crippen LogP contribution in [0.5, 0.6) is 0 Å². The second kappa shape index (κ2) is 9.43. The monoisotopic (exact) mass is 406 g/mol. The number of benzene rings is 2. The van der Waals surface area contributed by atoms with E-state index in [9.17, 15) is 4.39 Å². The number of hydrogen-bond donors (Lipinski definition) is 1. The van der Waals surface area contributed by atoms with Gasteiger partial charge < -0.3 is 19.7 Å². The first-order chi connectivity index (χ1) is 14.7. The predicted octanol–water partition coefficient (Wildman–Crippen LogP) is 2.97. The van der Waals surface area contributed by atoms with Crippen LogP contribution in [0.3, 0.4) is 0 Å². The number of aromatic nitrogens is 2. The number of imidazole rings is 1. The van der Waals surface area contributed by atoms with Crippen LogP contribution in [0.15, 0.2) is 72.0 Å². The van der Waals surface area contributed by atoms with Crippen molar-refractivity contribution in [1.29, 1.82) is 0 Å². The molecular formula is C23H27FN6. The number of aliphatic imine (C=N–C) groups is 1. The van der Waals surface area contributed by atoms with Crippen molar-refractivity contribution in [2.24, 2.45) is 4.99 Å². The highest BCUT2D eigenvalue weighted by atomic mass is 19.1. The van der Waals surface area contributed by atoms with Gasteiger partial charge in [0.15, 0.2) is 5.96 Å². The standard InChI is InChI=1S/C23H27FN6/c1-25-23(29-15-13-28(14-16-29)21-10-6-5-9-20(21)24)27-17-22-26-11-12-30(22)18-19-7-3-2-4-8-19/h2-12H,13-18H2,1H3,(H,25,27). The molecule has 6 nitrogen and oxygen atoms in total.